The van der Waals surface area contributed by atoms with Crippen molar-refractivity contribution in [1.29, 1.82) is 0 Å². The van der Waals surface area contributed by atoms with Gasteiger partial charge in [-0.25, -0.2) is 0 Å². The van der Waals surface area contributed by atoms with Gasteiger partial charge in [-0.05, 0) is 18.3 Å². The number of halogens is 3. The molecule has 2 N–H and O–H groups in total. The van der Waals surface area contributed by atoms with Crippen molar-refractivity contribution in [3.05, 3.63) is 0 Å². The van der Waals surface area contributed by atoms with Crippen LogP contribution in [0.1, 0.15) is 33.1 Å². The molecular weight excluding hydrogens is 207 g/mol. The molecule has 5 heteroatoms. The Morgan fingerprint density at radius 3 is 2.20 bits per heavy atom. The highest BCUT2D eigenvalue weighted by Gasteiger charge is 2.26. The van der Waals surface area contributed by atoms with Gasteiger partial charge in [-0.2, -0.15) is 13.2 Å². The first kappa shape index (κ1) is 14.7. The summed E-state index contributed by atoms with van der Waals surface area (Å²) >= 11 is 0. The van der Waals surface area contributed by atoms with E-state index in [2.05, 4.69) is 5.32 Å². The summed E-state index contributed by atoms with van der Waals surface area (Å²) in [6.07, 6.45) is -3.37. The van der Waals surface area contributed by atoms with Crippen LogP contribution in [-0.2, 0) is 0 Å². The Kier molecular flexibility index (Phi) is 6.20. The minimum atomic E-state index is -4.08. The summed E-state index contributed by atoms with van der Waals surface area (Å²) in [5.41, 5.74) is -0.0612. The van der Waals surface area contributed by atoms with Crippen molar-refractivity contribution in [2.45, 2.75) is 39.3 Å². The van der Waals surface area contributed by atoms with Crippen LogP contribution >= 0.6 is 0 Å². The monoisotopic (exact) mass is 227 g/mol. The first-order chi connectivity index (χ1) is 6.77. The first-order valence-corrected chi connectivity index (χ1v) is 5.15. The maximum absolute atomic E-state index is 11.8. The number of aliphatic hydroxyl groups excluding tert-OH is 1. The van der Waals surface area contributed by atoms with Gasteiger partial charge in [0.05, 0.1) is 6.42 Å². The second-order valence-corrected chi connectivity index (χ2v) is 4.53. The fraction of sp³-hybridized carbons (Fsp3) is 1.00. The van der Waals surface area contributed by atoms with Crippen LogP contribution in [0.2, 0.25) is 0 Å². The molecular formula is C10H20F3NO. The summed E-state index contributed by atoms with van der Waals surface area (Å²) in [6.45, 7) is 4.59. The van der Waals surface area contributed by atoms with Gasteiger partial charge in [0.15, 0.2) is 0 Å². The molecule has 2 nitrogen and oxygen atoms in total. The molecule has 0 rings (SSSR count). The standard InChI is InChI=1S/C10H20F3NO/c1-9(2,4-3-7-15)8-14-6-5-10(11,12)13/h14-15H,3-8H2,1-2H3. The lowest BCUT2D eigenvalue weighted by Gasteiger charge is -2.24. The quantitative estimate of drug-likeness (QED) is 0.654. The lowest BCUT2D eigenvalue weighted by Crippen LogP contribution is -2.32. The molecule has 0 aliphatic heterocycles. The Bertz CT molecular complexity index is 169. The van der Waals surface area contributed by atoms with Crippen LogP contribution in [0, 0.1) is 5.41 Å². The molecule has 0 radical (unpaired) electrons. The molecule has 0 heterocycles. The zero-order valence-electron chi connectivity index (χ0n) is 9.32. The number of alkyl halides is 3. The normalized spacial score (nSPS) is 13.2. The van der Waals surface area contributed by atoms with E-state index in [-0.39, 0.29) is 18.6 Å². The second-order valence-electron chi connectivity index (χ2n) is 4.53. The summed E-state index contributed by atoms with van der Waals surface area (Å²) in [4.78, 5) is 0. The van der Waals surface area contributed by atoms with Crippen molar-refractivity contribution in [2.75, 3.05) is 19.7 Å². The Labute approximate surface area is 88.9 Å². The highest BCUT2D eigenvalue weighted by atomic mass is 19.4. The summed E-state index contributed by atoms with van der Waals surface area (Å²) in [5, 5.41) is 11.4. The zero-order valence-corrected chi connectivity index (χ0v) is 9.32. The summed E-state index contributed by atoms with van der Waals surface area (Å²) in [6, 6.07) is 0. The number of hydrogen-bond donors (Lipinski definition) is 2. The molecule has 0 fully saturated rings. The van der Waals surface area contributed by atoms with E-state index in [1.807, 2.05) is 13.8 Å². The van der Waals surface area contributed by atoms with E-state index in [9.17, 15) is 13.2 Å². The molecule has 0 spiro atoms. The summed E-state index contributed by atoms with van der Waals surface area (Å²) < 4.78 is 35.4. The van der Waals surface area contributed by atoms with E-state index < -0.39 is 12.6 Å². The lowest BCUT2D eigenvalue weighted by atomic mass is 9.88. The molecule has 0 bridgehead atoms. The van der Waals surface area contributed by atoms with Crippen LogP contribution in [-0.4, -0.2) is 31.0 Å². The first-order valence-electron chi connectivity index (χ1n) is 5.15. The molecule has 0 atom stereocenters. The zero-order chi connectivity index (χ0) is 11.9. The van der Waals surface area contributed by atoms with Gasteiger partial charge < -0.3 is 10.4 Å². The molecule has 0 saturated heterocycles. The predicted molar refractivity (Wildman–Crippen MR) is 53.6 cm³/mol. The van der Waals surface area contributed by atoms with Gasteiger partial charge in [-0.1, -0.05) is 13.8 Å². The van der Waals surface area contributed by atoms with Crippen LogP contribution in [0.5, 0.6) is 0 Å². The van der Waals surface area contributed by atoms with Gasteiger partial charge >= 0.3 is 6.18 Å². The van der Waals surface area contributed by atoms with Crippen molar-refractivity contribution in [3.63, 3.8) is 0 Å². The molecule has 0 aromatic heterocycles. The average Bonchev–Trinajstić information content (AvgIpc) is 2.08. The molecule has 0 amide bonds. The smallest absolute Gasteiger partial charge is 0.390 e. The lowest BCUT2D eigenvalue weighted by molar-refractivity contribution is -0.133. The van der Waals surface area contributed by atoms with Gasteiger partial charge in [0.2, 0.25) is 0 Å². The van der Waals surface area contributed by atoms with Crippen LogP contribution < -0.4 is 5.32 Å². The molecule has 0 aromatic rings. The van der Waals surface area contributed by atoms with Crippen molar-refractivity contribution in [1.82, 2.24) is 5.32 Å². The average molecular weight is 227 g/mol. The van der Waals surface area contributed by atoms with E-state index in [0.29, 0.717) is 13.0 Å². The molecule has 0 unspecified atom stereocenters. The van der Waals surface area contributed by atoms with Crippen LogP contribution in [0.4, 0.5) is 13.2 Å². The van der Waals surface area contributed by atoms with Crippen LogP contribution in [0.3, 0.4) is 0 Å². The number of nitrogens with one attached hydrogen (secondary N) is 1. The summed E-state index contributed by atoms with van der Waals surface area (Å²) in [5.74, 6) is 0. The third-order valence-corrected chi connectivity index (χ3v) is 2.20. The van der Waals surface area contributed by atoms with E-state index in [0.717, 1.165) is 6.42 Å². The molecule has 92 valence electrons. The highest BCUT2D eigenvalue weighted by Crippen LogP contribution is 2.21. The Hall–Kier alpha value is -0.290. The van der Waals surface area contributed by atoms with Crippen molar-refractivity contribution < 1.29 is 18.3 Å². The number of rotatable bonds is 7. The fourth-order valence-electron chi connectivity index (χ4n) is 1.30. The van der Waals surface area contributed by atoms with Crippen LogP contribution in [0.15, 0.2) is 0 Å². The Morgan fingerprint density at radius 2 is 1.73 bits per heavy atom. The largest absolute Gasteiger partial charge is 0.396 e. The molecule has 0 aliphatic rings. The molecule has 0 aliphatic carbocycles. The topological polar surface area (TPSA) is 32.3 Å². The minimum absolute atomic E-state index is 0.0357. The van der Waals surface area contributed by atoms with Gasteiger partial charge in [0.25, 0.3) is 0 Å². The van der Waals surface area contributed by atoms with Crippen molar-refractivity contribution >= 4 is 0 Å². The SMILES string of the molecule is CC(C)(CCCO)CNCCC(F)(F)F. The van der Waals surface area contributed by atoms with Crippen molar-refractivity contribution in [2.24, 2.45) is 5.41 Å². The maximum Gasteiger partial charge on any atom is 0.390 e. The van der Waals surface area contributed by atoms with Gasteiger partial charge in [-0.3, -0.25) is 0 Å². The number of hydrogen-bond acceptors (Lipinski definition) is 2. The maximum atomic E-state index is 11.8. The molecule has 0 aromatic carbocycles. The predicted octanol–water partition coefficient (Wildman–Crippen LogP) is 2.33. The Balaban J connectivity index is 3.57. The third-order valence-electron chi connectivity index (χ3n) is 2.20. The van der Waals surface area contributed by atoms with Crippen molar-refractivity contribution in [3.8, 4) is 0 Å². The highest BCUT2D eigenvalue weighted by molar-refractivity contribution is 4.71. The van der Waals surface area contributed by atoms with E-state index in [1.165, 1.54) is 0 Å². The third kappa shape index (κ3) is 10.0. The van der Waals surface area contributed by atoms with E-state index >= 15 is 0 Å². The molecule has 0 saturated carbocycles. The van der Waals surface area contributed by atoms with Gasteiger partial charge in [0.1, 0.15) is 0 Å². The molecule has 15 heavy (non-hydrogen) atoms. The van der Waals surface area contributed by atoms with E-state index in [1.54, 1.807) is 0 Å². The number of aliphatic hydroxyl groups is 1. The van der Waals surface area contributed by atoms with Crippen LogP contribution in [0.25, 0.3) is 0 Å². The van der Waals surface area contributed by atoms with E-state index in [4.69, 9.17) is 5.11 Å². The fourth-order valence-corrected chi connectivity index (χ4v) is 1.30. The summed E-state index contributed by atoms with van der Waals surface area (Å²) in [7, 11) is 0. The van der Waals surface area contributed by atoms with Gasteiger partial charge in [-0.15, -0.1) is 0 Å². The minimum Gasteiger partial charge on any atom is -0.396 e. The second kappa shape index (κ2) is 6.33. The Morgan fingerprint density at radius 1 is 1.13 bits per heavy atom. The van der Waals surface area contributed by atoms with Gasteiger partial charge in [0, 0.05) is 19.7 Å².